The molecule has 0 aromatic heterocycles. The topological polar surface area (TPSA) is 57.1 Å². The maximum atomic E-state index is 12.3. The van der Waals surface area contributed by atoms with Crippen LogP contribution in [0, 0.1) is 5.92 Å². The number of ketones is 1. The number of halogens is 1. The number of Topliss-reactive ketones (excluding diaryl/α,β-unsaturated/α-hetero) is 1. The number of fused-ring (bicyclic) bond motifs is 4. The monoisotopic (exact) mass is 279 g/mol. The molecule has 19 heavy (non-hydrogen) atoms. The van der Waals surface area contributed by atoms with Gasteiger partial charge in [0.05, 0.1) is 6.61 Å². The van der Waals surface area contributed by atoms with Crippen LogP contribution in [0.5, 0.6) is 0 Å². The molecule has 1 aromatic rings. The largest absolute Gasteiger partial charge is 0.388 e. The summed E-state index contributed by atoms with van der Waals surface area (Å²) >= 11 is 5.86. The van der Waals surface area contributed by atoms with Crippen LogP contribution in [0.25, 0.3) is 0 Å². The van der Waals surface area contributed by atoms with E-state index >= 15 is 0 Å². The van der Waals surface area contributed by atoms with Gasteiger partial charge in [0, 0.05) is 10.6 Å². The third-order valence-corrected chi connectivity index (χ3v) is 3.90. The first-order chi connectivity index (χ1) is 9.24. The molecule has 2 bridgehead atoms. The summed E-state index contributed by atoms with van der Waals surface area (Å²) in [5, 5.41) is 4.71. The van der Waals surface area contributed by atoms with E-state index < -0.39 is 12.2 Å². The van der Waals surface area contributed by atoms with E-state index in [1.807, 2.05) is 12.1 Å². The number of hydrogen-bond donors (Lipinski definition) is 0. The summed E-state index contributed by atoms with van der Waals surface area (Å²) in [7, 11) is 0. The lowest BCUT2D eigenvalue weighted by atomic mass is 9.85. The zero-order chi connectivity index (χ0) is 13.0. The second-order valence-electron chi connectivity index (χ2n) is 4.77. The molecular formula is C13H10ClNO4. The van der Waals surface area contributed by atoms with E-state index in [2.05, 4.69) is 5.16 Å². The SMILES string of the molecule is O=C1[C@H]2OC[C@@H](O2)[C@H]2ON=C(c3ccc(Cl)cc3)[C@H]12. The fourth-order valence-electron chi connectivity index (χ4n) is 2.71. The van der Waals surface area contributed by atoms with E-state index in [1.54, 1.807) is 12.1 Å². The van der Waals surface area contributed by atoms with Crippen molar-refractivity contribution in [1.82, 2.24) is 0 Å². The quantitative estimate of drug-likeness (QED) is 0.779. The Hall–Kier alpha value is -1.43. The highest BCUT2D eigenvalue weighted by atomic mass is 35.5. The first-order valence-corrected chi connectivity index (χ1v) is 6.42. The predicted octanol–water partition coefficient (Wildman–Crippen LogP) is 1.38. The molecular weight excluding hydrogens is 270 g/mol. The highest BCUT2D eigenvalue weighted by Gasteiger charge is 2.56. The van der Waals surface area contributed by atoms with Crippen molar-refractivity contribution < 1.29 is 19.1 Å². The maximum absolute atomic E-state index is 12.3. The van der Waals surface area contributed by atoms with Crippen molar-refractivity contribution in [3.63, 3.8) is 0 Å². The molecule has 4 rings (SSSR count). The number of benzene rings is 1. The first-order valence-electron chi connectivity index (χ1n) is 6.04. The molecule has 2 fully saturated rings. The van der Waals surface area contributed by atoms with Gasteiger partial charge in [-0.1, -0.05) is 28.9 Å². The van der Waals surface area contributed by atoms with Gasteiger partial charge in [0.2, 0.25) is 12.1 Å². The standard InChI is InChI=1S/C13H10ClNO4/c14-7-3-1-6(2-4-7)10-9-11(16)13-17-5-8(18-13)12(9)19-15-10/h1-4,8-9,12-13H,5H2/t8-,9-,12-,13+/m1/s1. The number of ether oxygens (including phenoxy) is 2. The van der Waals surface area contributed by atoms with Gasteiger partial charge in [-0.2, -0.15) is 0 Å². The Bertz CT molecular complexity index is 571. The van der Waals surface area contributed by atoms with E-state index in [9.17, 15) is 4.79 Å². The van der Waals surface area contributed by atoms with Crippen LogP contribution >= 0.6 is 11.6 Å². The highest BCUT2D eigenvalue weighted by Crippen LogP contribution is 2.37. The van der Waals surface area contributed by atoms with E-state index in [4.69, 9.17) is 25.9 Å². The summed E-state index contributed by atoms with van der Waals surface area (Å²) in [6, 6.07) is 7.19. The lowest BCUT2D eigenvalue weighted by Crippen LogP contribution is -2.48. The Balaban J connectivity index is 1.71. The molecule has 0 radical (unpaired) electrons. The van der Waals surface area contributed by atoms with Crippen LogP contribution in [0.2, 0.25) is 5.02 Å². The van der Waals surface area contributed by atoms with Gasteiger partial charge in [0.25, 0.3) is 0 Å². The lowest BCUT2D eigenvalue weighted by Gasteiger charge is -2.27. The molecule has 5 nitrogen and oxygen atoms in total. The predicted molar refractivity (Wildman–Crippen MR) is 66.0 cm³/mol. The van der Waals surface area contributed by atoms with Gasteiger partial charge in [0.15, 0.2) is 6.10 Å². The molecule has 2 saturated heterocycles. The van der Waals surface area contributed by atoms with E-state index in [0.29, 0.717) is 17.3 Å². The average molecular weight is 280 g/mol. The minimum atomic E-state index is -0.773. The number of rotatable bonds is 1. The van der Waals surface area contributed by atoms with Gasteiger partial charge < -0.3 is 14.3 Å². The molecule has 3 aliphatic heterocycles. The Morgan fingerprint density at radius 2 is 2.05 bits per heavy atom. The van der Waals surface area contributed by atoms with Crippen LogP contribution < -0.4 is 0 Å². The van der Waals surface area contributed by atoms with Gasteiger partial charge in [0.1, 0.15) is 17.7 Å². The maximum Gasteiger partial charge on any atom is 0.219 e. The van der Waals surface area contributed by atoms with Crippen molar-refractivity contribution in [3.05, 3.63) is 34.9 Å². The fraction of sp³-hybridized carbons (Fsp3) is 0.385. The van der Waals surface area contributed by atoms with Crippen LogP contribution in [0.3, 0.4) is 0 Å². The molecule has 4 atom stereocenters. The van der Waals surface area contributed by atoms with E-state index in [0.717, 1.165) is 5.56 Å². The number of oxime groups is 1. The van der Waals surface area contributed by atoms with Crippen LogP contribution in [0.15, 0.2) is 29.4 Å². The fourth-order valence-corrected chi connectivity index (χ4v) is 2.84. The Morgan fingerprint density at radius 1 is 1.26 bits per heavy atom. The van der Waals surface area contributed by atoms with Crippen LogP contribution in [0.1, 0.15) is 5.56 Å². The Kier molecular flexibility index (Phi) is 2.42. The lowest BCUT2D eigenvalue weighted by molar-refractivity contribution is -0.169. The zero-order valence-electron chi connectivity index (χ0n) is 9.78. The molecule has 1 aromatic carbocycles. The van der Waals surface area contributed by atoms with Gasteiger partial charge in [-0.25, -0.2) is 0 Å². The summed E-state index contributed by atoms with van der Waals surface area (Å²) in [6.07, 6.45) is -1.37. The van der Waals surface area contributed by atoms with Crippen LogP contribution in [-0.2, 0) is 19.1 Å². The molecule has 0 spiro atoms. The molecule has 0 unspecified atom stereocenters. The Morgan fingerprint density at radius 3 is 2.84 bits per heavy atom. The second-order valence-corrected chi connectivity index (χ2v) is 5.21. The van der Waals surface area contributed by atoms with Crippen molar-refractivity contribution in [1.29, 1.82) is 0 Å². The summed E-state index contributed by atoms with van der Waals surface area (Å²) in [6.45, 7) is 0.376. The Labute approximate surface area is 114 Å². The third kappa shape index (κ3) is 1.62. The van der Waals surface area contributed by atoms with Crippen molar-refractivity contribution in [2.75, 3.05) is 6.61 Å². The molecule has 0 N–H and O–H groups in total. The molecule has 3 aliphatic rings. The van der Waals surface area contributed by atoms with Crippen molar-refractivity contribution in [3.8, 4) is 0 Å². The van der Waals surface area contributed by atoms with Gasteiger partial charge in [-0.3, -0.25) is 4.79 Å². The van der Waals surface area contributed by atoms with Crippen molar-refractivity contribution in [2.24, 2.45) is 11.1 Å². The molecule has 0 aliphatic carbocycles. The van der Waals surface area contributed by atoms with Gasteiger partial charge in [-0.15, -0.1) is 0 Å². The number of carbonyl (C=O) groups is 1. The van der Waals surface area contributed by atoms with Gasteiger partial charge >= 0.3 is 0 Å². The van der Waals surface area contributed by atoms with Gasteiger partial charge in [-0.05, 0) is 12.1 Å². The highest BCUT2D eigenvalue weighted by molar-refractivity contribution is 6.30. The molecule has 0 saturated carbocycles. The second kappa shape index (κ2) is 4.03. The van der Waals surface area contributed by atoms with Crippen molar-refractivity contribution in [2.45, 2.75) is 18.5 Å². The summed E-state index contributed by atoms with van der Waals surface area (Å²) in [5.74, 6) is -0.530. The van der Waals surface area contributed by atoms with E-state index in [-0.39, 0.29) is 18.0 Å². The summed E-state index contributed by atoms with van der Waals surface area (Å²) in [4.78, 5) is 17.7. The number of carbonyl (C=O) groups excluding carboxylic acids is 1. The zero-order valence-corrected chi connectivity index (χ0v) is 10.5. The van der Waals surface area contributed by atoms with Crippen LogP contribution in [0.4, 0.5) is 0 Å². The van der Waals surface area contributed by atoms with Crippen molar-refractivity contribution >= 4 is 23.1 Å². The normalized spacial score (nSPS) is 35.8. The first kappa shape index (κ1) is 11.4. The molecule has 98 valence electrons. The summed E-state index contributed by atoms with van der Waals surface area (Å²) in [5.41, 5.74) is 1.47. The van der Waals surface area contributed by atoms with E-state index in [1.165, 1.54) is 0 Å². The molecule has 3 heterocycles. The molecule has 0 amide bonds. The third-order valence-electron chi connectivity index (χ3n) is 3.65. The number of nitrogens with zero attached hydrogens (tertiary/aromatic N) is 1. The number of hydrogen-bond acceptors (Lipinski definition) is 5. The van der Waals surface area contributed by atoms with Crippen LogP contribution in [-0.4, -0.2) is 36.6 Å². The minimum absolute atomic E-state index is 0.120. The average Bonchev–Trinajstić information content (AvgIpc) is 3.03. The smallest absolute Gasteiger partial charge is 0.219 e. The minimum Gasteiger partial charge on any atom is -0.388 e. The summed E-state index contributed by atoms with van der Waals surface area (Å²) < 4.78 is 10.7. The molecule has 6 heteroatoms.